The molecule has 0 radical (unpaired) electrons. The van der Waals surface area contributed by atoms with Crippen LogP contribution in [0.15, 0.2) is 12.2 Å². The lowest BCUT2D eigenvalue weighted by Crippen LogP contribution is -2.63. The highest BCUT2D eigenvalue weighted by Crippen LogP contribution is 2.65. The zero-order valence-electron chi connectivity index (χ0n) is 8.45. The van der Waals surface area contributed by atoms with E-state index in [0.29, 0.717) is 0 Å². The Hall–Kier alpha value is -0.340. The van der Waals surface area contributed by atoms with Gasteiger partial charge in [0.1, 0.15) is 0 Å². The molecule has 0 amide bonds. The van der Waals surface area contributed by atoms with Crippen LogP contribution in [0.3, 0.4) is 0 Å². The standard InChI is InChI=1S/C12H18O2/c13-9-3-1-5-11-7-8-12(9,11)6-2-4-10(11)14/h7-10,13-14H,1-6H2. The van der Waals surface area contributed by atoms with E-state index in [-0.39, 0.29) is 23.0 Å². The Morgan fingerprint density at radius 3 is 1.64 bits per heavy atom. The largest absolute Gasteiger partial charge is 0.392 e. The highest BCUT2D eigenvalue weighted by molar-refractivity contribution is 5.33. The third-order valence-electron chi connectivity index (χ3n) is 4.87. The van der Waals surface area contributed by atoms with Crippen LogP contribution in [-0.2, 0) is 0 Å². The first-order valence-corrected chi connectivity index (χ1v) is 5.78. The van der Waals surface area contributed by atoms with Gasteiger partial charge in [-0.1, -0.05) is 12.2 Å². The summed E-state index contributed by atoms with van der Waals surface area (Å²) in [4.78, 5) is 0. The number of hydrogen-bond donors (Lipinski definition) is 2. The third-order valence-corrected chi connectivity index (χ3v) is 4.87. The first-order chi connectivity index (χ1) is 6.71. The maximum Gasteiger partial charge on any atom is 0.0640 e. The SMILES string of the molecule is OC1CCCC23C=CC12CCCC3O. The second-order valence-electron chi connectivity index (χ2n) is 5.23. The van der Waals surface area contributed by atoms with Gasteiger partial charge in [0.05, 0.1) is 12.2 Å². The van der Waals surface area contributed by atoms with Crippen molar-refractivity contribution in [2.45, 2.75) is 50.7 Å². The van der Waals surface area contributed by atoms with Gasteiger partial charge in [-0.15, -0.1) is 0 Å². The molecule has 3 rings (SSSR count). The zero-order valence-corrected chi connectivity index (χ0v) is 8.45. The summed E-state index contributed by atoms with van der Waals surface area (Å²) >= 11 is 0. The predicted molar refractivity (Wildman–Crippen MR) is 53.7 cm³/mol. The van der Waals surface area contributed by atoms with E-state index in [2.05, 4.69) is 12.2 Å². The zero-order chi connectivity index (χ0) is 9.81. The van der Waals surface area contributed by atoms with E-state index in [4.69, 9.17) is 0 Å². The number of aliphatic hydroxyl groups is 2. The van der Waals surface area contributed by atoms with Crippen molar-refractivity contribution in [1.29, 1.82) is 0 Å². The van der Waals surface area contributed by atoms with Gasteiger partial charge in [0.2, 0.25) is 0 Å². The molecule has 0 aromatic rings. The fourth-order valence-corrected chi connectivity index (χ4v) is 4.01. The minimum Gasteiger partial charge on any atom is -0.392 e. The molecule has 0 aliphatic heterocycles. The minimum atomic E-state index is -0.212. The van der Waals surface area contributed by atoms with E-state index in [1.807, 2.05) is 0 Å². The fraction of sp³-hybridized carbons (Fsp3) is 0.833. The molecule has 4 atom stereocenters. The molecule has 2 N–H and O–H groups in total. The molecule has 0 heterocycles. The van der Waals surface area contributed by atoms with Crippen molar-refractivity contribution in [3.05, 3.63) is 12.2 Å². The lowest BCUT2D eigenvalue weighted by molar-refractivity contribution is -0.159. The van der Waals surface area contributed by atoms with Crippen LogP contribution in [0.25, 0.3) is 0 Å². The molecule has 0 saturated heterocycles. The molecule has 0 aromatic carbocycles. The van der Waals surface area contributed by atoms with Gasteiger partial charge in [-0.2, -0.15) is 0 Å². The van der Waals surface area contributed by atoms with Crippen molar-refractivity contribution < 1.29 is 10.2 Å². The molecule has 78 valence electrons. The summed E-state index contributed by atoms with van der Waals surface area (Å²) in [5.41, 5.74) is -0.105. The second kappa shape index (κ2) is 2.61. The third kappa shape index (κ3) is 0.763. The van der Waals surface area contributed by atoms with Crippen molar-refractivity contribution in [1.82, 2.24) is 0 Å². The van der Waals surface area contributed by atoms with Gasteiger partial charge in [0.25, 0.3) is 0 Å². The van der Waals surface area contributed by atoms with Crippen LogP contribution >= 0.6 is 0 Å². The van der Waals surface area contributed by atoms with E-state index in [9.17, 15) is 10.2 Å². The van der Waals surface area contributed by atoms with Crippen LogP contribution in [0, 0.1) is 10.8 Å². The molecule has 3 aliphatic rings. The predicted octanol–water partition coefficient (Wildman–Crippen LogP) is 1.62. The molecule has 0 spiro atoms. The van der Waals surface area contributed by atoms with Crippen LogP contribution in [0.5, 0.6) is 0 Å². The Balaban J connectivity index is 2.04. The van der Waals surface area contributed by atoms with Gasteiger partial charge < -0.3 is 10.2 Å². The Morgan fingerprint density at radius 1 is 0.857 bits per heavy atom. The first kappa shape index (κ1) is 8.93. The lowest BCUT2D eigenvalue weighted by Gasteiger charge is -2.63. The highest BCUT2D eigenvalue weighted by atomic mass is 16.3. The van der Waals surface area contributed by atoms with E-state index < -0.39 is 0 Å². The highest BCUT2D eigenvalue weighted by Gasteiger charge is 2.63. The van der Waals surface area contributed by atoms with Crippen molar-refractivity contribution in [3.8, 4) is 0 Å². The second-order valence-corrected chi connectivity index (χ2v) is 5.23. The Morgan fingerprint density at radius 2 is 1.29 bits per heavy atom. The Kier molecular flexibility index (Phi) is 1.67. The molecule has 2 nitrogen and oxygen atoms in total. The van der Waals surface area contributed by atoms with Gasteiger partial charge >= 0.3 is 0 Å². The molecule has 2 heteroatoms. The maximum absolute atomic E-state index is 10.1. The summed E-state index contributed by atoms with van der Waals surface area (Å²) in [6.07, 6.45) is 10.0. The molecular formula is C12H18O2. The van der Waals surface area contributed by atoms with Crippen LogP contribution in [0.2, 0.25) is 0 Å². The molecule has 3 aliphatic carbocycles. The molecule has 14 heavy (non-hydrogen) atoms. The van der Waals surface area contributed by atoms with Crippen molar-refractivity contribution in [2.24, 2.45) is 10.8 Å². The first-order valence-electron chi connectivity index (χ1n) is 5.78. The fourth-order valence-electron chi connectivity index (χ4n) is 4.01. The van der Waals surface area contributed by atoms with E-state index in [0.717, 1.165) is 38.5 Å². The topological polar surface area (TPSA) is 40.5 Å². The van der Waals surface area contributed by atoms with Gasteiger partial charge in [-0.25, -0.2) is 0 Å². The summed E-state index contributed by atoms with van der Waals surface area (Å²) in [5, 5.41) is 20.3. The van der Waals surface area contributed by atoms with Crippen LogP contribution in [-0.4, -0.2) is 22.4 Å². The Bertz CT molecular complexity index is 258. The smallest absolute Gasteiger partial charge is 0.0640 e. The van der Waals surface area contributed by atoms with E-state index >= 15 is 0 Å². The summed E-state index contributed by atoms with van der Waals surface area (Å²) in [6.45, 7) is 0. The van der Waals surface area contributed by atoms with Gasteiger partial charge in [-0.3, -0.25) is 0 Å². The normalized spacial score (nSPS) is 55.9. The number of aliphatic hydroxyl groups excluding tert-OH is 2. The molecule has 4 unspecified atom stereocenters. The molecule has 2 fully saturated rings. The average molecular weight is 194 g/mol. The Labute approximate surface area is 84.6 Å². The summed E-state index contributed by atoms with van der Waals surface area (Å²) in [6, 6.07) is 0. The van der Waals surface area contributed by atoms with Crippen LogP contribution in [0.4, 0.5) is 0 Å². The van der Waals surface area contributed by atoms with Crippen molar-refractivity contribution >= 4 is 0 Å². The molecule has 2 saturated carbocycles. The van der Waals surface area contributed by atoms with Gasteiger partial charge in [0, 0.05) is 10.8 Å². The monoisotopic (exact) mass is 194 g/mol. The molecule has 0 bridgehead atoms. The van der Waals surface area contributed by atoms with Crippen LogP contribution < -0.4 is 0 Å². The van der Waals surface area contributed by atoms with E-state index in [1.165, 1.54) is 0 Å². The lowest BCUT2D eigenvalue weighted by atomic mass is 9.42. The molecule has 0 aromatic heterocycles. The number of hydrogen-bond acceptors (Lipinski definition) is 2. The number of rotatable bonds is 0. The molecular weight excluding hydrogens is 176 g/mol. The minimum absolute atomic E-state index is 0.0527. The quantitative estimate of drug-likeness (QED) is 0.575. The average Bonchev–Trinajstić information content (AvgIpc) is 2.13. The summed E-state index contributed by atoms with van der Waals surface area (Å²) in [5.74, 6) is 0. The van der Waals surface area contributed by atoms with Crippen molar-refractivity contribution in [3.63, 3.8) is 0 Å². The van der Waals surface area contributed by atoms with Gasteiger partial charge in [-0.05, 0) is 38.5 Å². The summed E-state index contributed by atoms with van der Waals surface area (Å²) in [7, 11) is 0. The maximum atomic E-state index is 10.1. The van der Waals surface area contributed by atoms with E-state index in [1.54, 1.807) is 0 Å². The summed E-state index contributed by atoms with van der Waals surface area (Å²) < 4.78 is 0. The van der Waals surface area contributed by atoms with Crippen LogP contribution in [0.1, 0.15) is 38.5 Å². The van der Waals surface area contributed by atoms with Gasteiger partial charge in [0.15, 0.2) is 0 Å². The van der Waals surface area contributed by atoms with Crippen molar-refractivity contribution in [2.75, 3.05) is 0 Å².